The number of hydrogen-bond donors (Lipinski definition) is 1. The minimum Gasteiger partial charge on any atom is -0.375 e. The molecule has 1 heterocycles. The molecule has 0 aliphatic heterocycles. The molecule has 1 atom stereocenters. The van der Waals surface area contributed by atoms with Gasteiger partial charge in [0.15, 0.2) is 0 Å². The number of nitrogens with one attached hydrogen (secondary N) is 1. The highest BCUT2D eigenvalue weighted by Gasteiger charge is 2.15. The zero-order chi connectivity index (χ0) is 17.6. The van der Waals surface area contributed by atoms with Crippen LogP contribution in [0.15, 0.2) is 60.7 Å². The average Bonchev–Trinajstić information content (AvgIpc) is 2.94. The van der Waals surface area contributed by atoms with E-state index in [2.05, 4.69) is 22.5 Å². The lowest BCUT2D eigenvalue weighted by atomic mass is 10.1. The predicted molar refractivity (Wildman–Crippen MR) is 101 cm³/mol. The van der Waals surface area contributed by atoms with E-state index in [1.165, 1.54) is 0 Å². The quantitative estimate of drug-likeness (QED) is 0.686. The van der Waals surface area contributed by atoms with Gasteiger partial charge in [0.05, 0.1) is 17.5 Å². The number of nitrogens with zero attached hydrogens (tertiary/aromatic N) is 2. The van der Waals surface area contributed by atoms with Crippen LogP contribution in [0.25, 0.3) is 5.69 Å². The van der Waals surface area contributed by atoms with E-state index in [9.17, 15) is 0 Å². The van der Waals surface area contributed by atoms with E-state index in [-0.39, 0.29) is 6.10 Å². The van der Waals surface area contributed by atoms with Gasteiger partial charge in [-0.1, -0.05) is 60.1 Å². The van der Waals surface area contributed by atoms with Crippen molar-refractivity contribution >= 4 is 11.6 Å². The minimum atomic E-state index is 0.00412. The molecule has 25 heavy (non-hydrogen) atoms. The van der Waals surface area contributed by atoms with Gasteiger partial charge in [-0.3, -0.25) is 0 Å². The normalized spacial score (nSPS) is 12.3. The van der Waals surface area contributed by atoms with Crippen molar-refractivity contribution in [3.05, 3.63) is 82.6 Å². The van der Waals surface area contributed by atoms with E-state index in [4.69, 9.17) is 16.3 Å². The highest BCUT2D eigenvalue weighted by molar-refractivity contribution is 6.30. The summed E-state index contributed by atoms with van der Waals surface area (Å²) in [6, 6.07) is 20.1. The molecule has 0 saturated heterocycles. The Labute approximate surface area is 153 Å². The Hall–Kier alpha value is -2.14. The first-order chi connectivity index (χ1) is 12.2. The molecule has 3 aromatic rings. The van der Waals surface area contributed by atoms with E-state index in [1.807, 2.05) is 55.5 Å². The van der Waals surface area contributed by atoms with Crippen molar-refractivity contribution in [2.24, 2.45) is 0 Å². The highest BCUT2D eigenvalue weighted by Crippen LogP contribution is 2.23. The summed E-state index contributed by atoms with van der Waals surface area (Å²) in [5.74, 6) is 0. The standard InChI is InChI=1S/C20H22ClN3O/c1-15-18(20(21)24(23-15)17-11-7-4-8-12-17)13-22-14-19(25-2)16-9-5-3-6-10-16/h3-12,19,22H,13-14H2,1-2H3/t19-/m0/s1. The SMILES string of the molecule is CO[C@@H](CNCc1c(C)nn(-c2ccccc2)c1Cl)c1ccccc1. The summed E-state index contributed by atoms with van der Waals surface area (Å²) in [6.45, 7) is 3.32. The maximum atomic E-state index is 6.56. The van der Waals surface area contributed by atoms with Gasteiger partial charge in [0.1, 0.15) is 5.15 Å². The van der Waals surface area contributed by atoms with E-state index in [0.29, 0.717) is 18.2 Å². The molecule has 1 N–H and O–H groups in total. The maximum absolute atomic E-state index is 6.56. The number of aryl methyl sites for hydroxylation is 1. The Bertz CT molecular complexity index is 803. The fraction of sp³-hybridized carbons (Fsp3) is 0.250. The van der Waals surface area contributed by atoms with Gasteiger partial charge in [0, 0.05) is 25.8 Å². The van der Waals surface area contributed by atoms with E-state index >= 15 is 0 Å². The van der Waals surface area contributed by atoms with Crippen LogP contribution in [0.3, 0.4) is 0 Å². The van der Waals surface area contributed by atoms with E-state index in [1.54, 1.807) is 11.8 Å². The molecule has 0 unspecified atom stereocenters. The second-order valence-corrected chi connectivity index (χ2v) is 6.23. The predicted octanol–water partition coefficient (Wildman–Crippen LogP) is 4.31. The third-order valence-corrected chi connectivity index (χ3v) is 4.60. The monoisotopic (exact) mass is 355 g/mol. The van der Waals surface area contributed by atoms with Crippen LogP contribution in [-0.2, 0) is 11.3 Å². The van der Waals surface area contributed by atoms with E-state index < -0.39 is 0 Å². The summed E-state index contributed by atoms with van der Waals surface area (Å²) >= 11 is 6.56. The zero-order valence-electron chi connectivity index (χ0n) is 14.4. The Morgan fingerprint density at radius 3 is 2.36 bits per heavy atom. The van der Waals surface area contributed by atoms with Gasteiger partial charge >= 0.3 is 0 Å². The van der Waals surface area contributed by atoms with Gasteiger partial charge in [-0.2, -0.15) is 5.10 Å². The van der Waals surface area contributed by atoms with Crippen LogP contribution in [0.4, 0.5) is 0 Å². The molecule has 0 bridgehead atoms. The fourth-order valence-electron chi connectivity index (χ4n) is 2.81. The molecule has 130 valence electrons. The molecule has 3 rings (SSSR count). The van der Waals surface area contributed by atoms with Crippen molar-refractivity contribution in [1.82, 2.24) is 15.1 Å². The summed E-state index contributed by atoms with van der Waals surface area (Å²) in [4.78, 5) is 0. The fourth-order valence-corrected chi connectivity index (χ4v) is 3.14. The molecule has 0 radical (unpaired) electrons. The van der Waals surface area contributed by atoms with Crippen LogP contribution in [0.5, 0.6) is 0 Å². The molecular formula is C20H22ClN3O. The molecule has 0 aliphatic rings. The number of hydrogen-bond acceptors (Lipinski definition) is 3. The molecule has 1 aromatic heterocycles. The van der Waals surface area contributed by atoms with Gasteiger partial charge in [-0.15, -0.1) is 0 Å². The highest BCUT2D eigenvalue weighted by atomic mass is 35.5. The smallest absolute Gasteiger partial charge is 0.137 e. The molecule has 0 saturated carbocycles. The summed E-state index contributed by atoms with van der Waals surface area (Å²) in [7, 11) is 1.73. The third kappa shape index (κ3) is 4.10. The van der Waals surface area contributed by atoms with Gasteiger partial charge in [0.2, 0.25) is 0 Å². The number of aromatic nitrogens is 2. The molecule has 0 aliphatic carbocycles. The molecule has 0 amide bonds. The minimum absolute atomic E-state index is 0.00412. The number of methoxy groups -OCH3 is 1. The Morgan fingerprint density at radius 1 is 1.08 bits per heavy atom. The van der Waals surface area contributed by atoms with Crippen LogP contribution in [-0.4, -0.2) is 23.4 Å². The largest absolute Gasteiger partial charge is 0.375 e. The first-order valence-electron chi connectivity index (χ1n) is 8.28. The van der Waals surface area contributed by atoms with Gasteiger partial charge in [-0.25, -0.2) is 4.68 Å². The van der Waals surface area contributed by atoms with Crippen LogP contribution in [0.1, 0.15) is 22.9 Å². The average molecular weight is 356 g/mol. The zero-order valence-corrected chi connectivity index (χ0v) is 15.2. The number of para-hydroxylation sites is 1. The Morgan fingerprint density at radius 2 is 1.72 bits per heavy atom. The molecule has 0 fully saturated rings. The molecule has 5 heteroatoms. The van der Waals surface area contributed by atoms with Crippen LogP contribution in [0, 0.1) is 6.92 Å². The van der Waals surface area contributed by atoms with Crippen LogP contribution < -0.4 is 5.32 Å². The topological polar surface area (TPSA) is 39.1 Å². The van der Waals surface area contributed by atoms with Gasteiger partial charge < -0.3 is 10.1 Å². The molecule has 2 aromatic carbocycles. The Kier molecular flexibility index (Phi) is 5.87. The number of halogens is 1. The second kappa shape index (κ2) is 8.30. The van der Waals surface area contributed by atoms with Gasteiger partial charge in [0.25, 0.3) is 0 Å². The van der Waals surface area contributed by atoms with Crippen molar-refractivity contribution < 1.29 is 4.74 Å². The second-order valence-electron chi connectivity index (χ2n) is 5.87. The summed E-state index contributed by atoms with van der Waals surface area (Å²) in [5.41, 5.74) is 4.05. The van der Waals surface area contributed by atoms with Gasteiger partial charge in [-0.05, 0) is 24.6 Å². The van der Waals surface area contributed by atoms with Crippen molar-refractivity contribution in [3.63, 3.8) is 0 Å². The lowest BCUT2D eigenvalue weighted by molar-refractivity contribution is 0.102. The summed E-state index contributed by atoms with van der Waals surface area (Å²) in [6.07, 6.45) is 0.00412. The third-order valence-electron chi connectivity index (χ3n) is 4.21. The first kappa shape index (κ1) is 17.7. The van der Waals surface area contributed by atoms with Crippen LogP contribution >= 0.6 is 11.6 Å². The number of rotatable bonds is 7. The van der Waals surface area contributed by atoms with Crippen molar-refractivity contribution in [3.8, 4) is 5.69 Å². The Balaban J connectivity index is 1.68. The van der Waals surface area contributed by atoms with Crippen molar-refractivity contribution in [2.75, 3.05) is 13.7 Å². The number of ether oxygens (including phenoxy) is 1. The number of benzene rings is 2. The lowest BCUT2D eigenvalue weighted by Crippen LogP contribution is -2.22. The molecular weight excluding hydrogens is 334 g/mol. The lowest BCUT2D eigenvalue weighted by Gasteiger charge is -2.16. The molecule has 4 nitrogen and oxygen atoms in total. The first-order valence-corrected chi connectivity index (χ1v) is 8.66. The molecule has 0 spiro atoms. The summed E-state index contributed by atoms with van der Waals surface area (Å²) < 4.78 is 7.37. The van der Waals surface area contributed by atoms with Crippen molar-refractivity contribution in [1.29, 1.82) is 0 Å². The summed E-state index contributed by atoms with van der Waals surface area (Å²) in [5, 5.41) is 8.65. The van der Waals surface area contributed by atoms with Crippen LogP contribution in [0.2, 0.25) is 5.15 Å². The maximum Gasteiger partial charge on any atom is 0.137 e. The van der Waals surface area contributed by atoms with E-state index in [0.717, 1.165) is 22.5 Å². The van der Waals surface area contributed by atoms with Crippen molar-refractivity contribution in [2.45, 2.75) is 19.6 Å².